The van der Waals surface area contributed by atoms with Gasteiger partial charge in [0, 0.05) is 6.20 Å². The lowest BCUT2D eigenvalue weighted by molar-refractivity contribution is 0.600. The third kappa shape index (κ3) is 2.89. The molecule has 0 radical (unpaired) electrons. The Morgan fingerprint density at radius 2 is 1.82 bits per heavy atom. The van der Waals surface area contributed by atoms with Gasteiger partial charge in [0.15, 0.2) is 0 Å². The molecular formula is C9H7ClN4O2S. The summed E-state index contributed by atoms with van der Waals surface area (Å²) in [6.07, 6.45) is 3.73. The molecule has 2 aromatic heterocycles. The van der Waals surface area contributed by atoms with E-state index in [2.05, 4.69) is 19.7 Å². The molecule has 0 aliphatic heterocycles. The van der Waals surface area contributed by atoms with Gasteiger partial charge in [-0.25, -0.2) is 23.4 Å². The van der Waals surface area contributed by atoms with Crippen molar-refractivity contribution < 1.29 is 8.42 Å². The SMILES string of the molecule is O=S(=O)(Nc1ccccn1)c1cnc(Cl)nc1. The second kappa shape index (κ2) is 4.64. The first-order valence-electron chi connectivity index (χ1n) is 4.49. The molecule has 0 aromatic carbocycles. The second-order valence-electron chi connectivity index (χ2n) is 3.01. The maximum Gasteiger partial charge on any atom is 0.266 e. The van der Waals surface area contributed by atoms with Crippen LogP contribution in [-0.4, -0.2) is 23.4 Å². The van der Waals surface area contributed by atoms with Crippen LogP contribution < -0.4 is 4.72 Å². The average molecular weight is 271 g/mol. The third-order valence-electron chi connectivity index (χ3n) is 1.81. The molecule has 0 aliphatic carbocycles. The smallest absolute Gasteiger partial charge is 0.263 e. The number of hydrogen-bond acceptors (Lipinski definition) is 5. The quantitative estimate of drug-likeness (QED) is 0.851. The second-order valence-corrected chi connectivity index (χ2v) is 5.03. The van der Waals surface area contributed by atoms with Crippen LogP contribution in [0.15, 0.2) is 41.7 Å². The number of sulfonamides is 1. The van der Waals surface area contributed by atoms with E-state index < -0.39 is 10.0 Å². The summed E-state index contributed by atoms with van der Waals surface area (Å²) in [6.45, 7) is 0. The van der Waals surface area contributed by atoms with Crippen molar-refractivity contribution in [3.63, 3.8) is 0 Å². The van der Waals surface area contributed by atoms with Crippen molar-refractivity contribution in [2.24, 2.45) is 0 Å². The summed E-state index contributed by atoms with van der Waals surface area (Å²) in [4.78, 5) is 11.0. The van der Waals surface area contributed by atoms with Gasteiger partial charge in [-0.05, 0) is 23.7 Å². The molecule has 6 nitrogen and oxygen atoms in total. The molecule has 0 bridgehead atoms. The molecule has 2 rings (SSSR count). The van der Waals surface area contributed by atoms with E-state index in [0.717, 1.165) is 12.4 Å². The highest BCUT2D eigenvalue weighted by Crippen LogP contribution is 2.12. The number of nitrogens with one attached hydrogen (secondary N) is 1. The Morgan fingerprint density at radius 3 is 2.41 bits per heavy atom. The molecule has 8 heteroatoms. The van der Waals surface area contributed by atoms with Crippen molar-refractivity contribution in [2.75, 3.05) is 4.72 Å². The van der Waals surface area contributed by atoms with Gasteiger partial charge >= 0.3 is 0 Å². The Bertz CT molecular complexity index is 601. The number of aromatic nitrogens is 3. The van der Waals surface area contributed by atoms with Crippen molar-refractivity contribution in [3.05, 3.63) is 42.1 Å². The van der Waals surface area contributed by atoms with Crippen molar-refractivity contribution in [1.29, 1.82) is 0 Å². The summed E-state index contributed by atoms with van der Waals surface area (Å²) in [7, 11) is -3.73. The molecule has 0 amide bonds. The van der Waals surface area contributed by atoms with Gasteiger partial charge in [-0.15, -0.1) is 0 Å². The zero-order chi connectivity index (χ0) is 12.3. The third-order valence-corrected chi connectivity index (χ3v) is 3.32. The number of halogens is 1. The summed E-state index contributed by atoms with van der Waals surface area (Å²) in [6, 6.07) is 4.89. The number of nitrogens with zero attached hydrogens (tertiary/aromatic N) is 3. The molecule has 0 saturated heterocycles. The van der Waals surface area contributed by atoms with Crippen LogP contribution in [0.2, 0.25) is 5.28 Å². The van der Waals surface area contributed by atoms with Crippen molar-refractivity contribution in [2.45, 2.75) is 4.90 Å². The molecule has 0 unspecified atom stereocenters. The summed E-state index contributed by atoms with van der Waals surface area (Å²) >= 11 is 5.47. The van der Waals surface area contributed by atoms with E-state index in [4.69, 9.17) is 11.6 Å². The van der Waals surface area contributed by atoms with E-state index >= 15 is 0 Å². The zero-order valence-corrected chi connectivity index (χ0v) is 9.98. The molecule has 0 atom stereocenters. The van der Waals surface area contributed by atoms with Gasteiger partial charge in [-0.2, -0.15) is 0 Å². The predicted molar refractivity (Wildman–Crippen MR) is 62.1 cm³/mol. The monoisotopic (exact) mass is 270 g/mol. The Morgan fingerprint density at radius 1 is 1.12 bits per heavy atom. The van der Waals surface area contributed by atoms with Crippen LogP contribution in [-0.2, 0) is 10.0 Å². The highest BCUT2D eigenvalue weighted by molar-refractivity contribution is 7.92. The van der Waals surface area contributed by atoms with E-state index in [9.17, 15) is 8.42 Å². The van der Waals surface area contributed by atoms with Crippen LogP contribution in [0, 0.1) is 0 Å². The van der Waals surface area contributed by atoms with Crippen LogP contribution in [0.5, 0.6) is 0 Å². The van der Waals surface area contributed by atoms with Gasteiger partial charge in [0.2, 0.25) is 5.28 Å². The standard InChI is InChI=1S/C9H7ClN4O2S/c10-9-12-5-7(6-13-9)17(15,16)14-8-3-1-2-4-11-8/h1-6H,(H,11,14). The summed E-state index contributed by atoms with van der Waals surface area (Å²) < 4.78 is 26.0. The zero-order valence-electron chi connectivity index (χ0n) is 8.41. The van der Waals surface area contributed by atoms with E-state index in [1.807, 2.05) is 0 Å². The van der Waals surface area contributed by atoms with Crippen LogP contribution >= 0.6 is 11.6 Å². The van der Waals surface area contributed by atoms with E-state index in [1.165, 1.54) is 12.3 Å². The fraction of sp³-hybridized carbons (Fsp3) is 0. The fourth-order valence-corrected chi connectivity index (χ4v) is 2.05. The lowest BCUT2D eigenvalue weighted by Gasteiger charge is -2.05. The number of rotatable bonds is 3. The van der Waals surface area contributed by atoms with Crippen molar-refractivity contribution >= 4 is 27.4 Å². The van der Waals surface area contributed by atoms with Gasteiger partial charge < -0.3 is 0 Å². The minimum absolute atomic E-state index is 0.0122. The minimum Gasteiger partial charge on any atom is -0.263 e. The van der Waals surface area contributed by atoms with Gasteiger partial charge in [0.05, 0.1) is 12.4 Å². The Hall–Kier alpha value is -1.73. The highest BCUT2D eigenvalue weighted by atomic mass is 35.5. The summed E-state index contributed by atoms with van der Waals surface area (Å²) in [5.41, 5.74) is 0. The molecule has 1 N–H and O–H groups in total. The minimum atomic E-state index is -3.73. The molecular weight excluding hydrogens is 264 g/mol. The molecule has 2 heterocycles. The van der Waals surface area contributed by atoms with Crippen LogP contribution in [0.1, 0.15) is 0 Å². The number of pyridine rings is 1. The molecule has 2 aromatic rings. The van der Waals surface area contributed by atoms with E-state index in [1.54, 1.807) is 12.1 Å². The molecule has 17 heavy (non-hydrogen) atoms. The van der Waals surface area contributed by atoms with Crippen LogP contribution in [0.3, 0.4) is 0 Å². The largest absolute Gasteiger partial charge is 0.266 e. The van der Waals surface area contributed by atoms with Crippen molar-refractivity contribution in [3.8, 4) is 0 Å². The van der Waals surface area contributed by atoms with Gasteiger partial charge in [0.1, 0.15) is 10.7 Å². The van der Waals surface area contributed by atoms with Gasteiger partial charge in [-0.3, -0.25) is 4.72 Å². The Labute approximate surface area is 103 Å². The maximum atomic E-state index is 11.8. The van der Waals surface area contributed by atoms with Crippen molar-refractivity contribution in [1.82, 2.24) is 15.0 Å². The predicted octanol–water partition coefficient (Wildman–Crippen LogP) is 1.33. The maximum absolute atomic E-state index is 11.8. The molecule has 0 aliphatic rings. The first-order valence-corrected chi connectivity index (χ1v) is 6.35. The lowest BCUT2D eigenvalue weighted by Crippen LogP contribution is -2.14. The molecule has 0 saturated carbocycles. The Kier molecular flexibility index (Phi) is 3.21. The fourth-order valence-electron chi connectivity index (χ4n) is 1.06. The lowest BCUT2D eigenvalue weighted by atomic mass is 10.5. The summed E-state index contributed by atoms with van der Waals surface area (Å²) in [5, 5.41) is -0.0122. The Balaban J connectivity index is 2.29. The molecule has 88 valence electrons. The number of anilines is 1. The van der Waals surface area contributed by atoms with Gasteiger partial charge in [-0.1, -0.05) is 6.07 Å². The van der Waals surface area contributed by atoms with Gasteiger partial charge in [0.25, 0.3) is 10.0 Å². The molecule has 0 spiro atoms. The molecule has 0 fully saturated rings. The summed E-state index contributed by atoms with van der Waals surface area (Å²) in [5.74, 6) is 0.224. The van der Waals surface area contributed by atoms with Crippen LogP contribution in [0.4, 0.5) is 5.82 Å². The normalized spacial score (nSPS) is 11.1. The first kappa shape index (κ1) is 11.7. The van der Waals surface area contributed by atoms with E-state index in [-0.39, 0.29) is 16.0 Å². The first-order chi connectivity index (χ1) is 8.08. The van der Waals surface area contributed by atoms with Crippen LogP contribution in [0.25, 0.3) is 0 Å². The average Bonchev–Trinajstić information content (AvgIpc) is 2.30. The highest BCUT2D eigenvalue weighted by Gasteiger charge is 2.15. The number of hydrogen-bond donors (Lipinski definition) is 1. The van der Waals surface area contributed by atoms with E-state index in [0.29, 0.717) is 0 Å². The topological polar surface area (TPSA) is 84.8 Å².